The Morgan fingerprint density at radius 3 is 2.68 bits per heavy atom. The highest BCUT2D eigenvalue weighted by Crippen LogP contribution is 2.29. The first kappa shape index (κ1) is 18.7. The molecule has 3 rings (SSSR count). The normalized spacial score (nSPS) is 11.7. The Morgan fingerprint density at radius 1 is 1.28 bits per heavy atom. The number of benzene rings is 1. The Morgan fingerprint density at radius 2 is 2.04 bits per heavy atom. The van der Waals surface area contributed by atoms with Crippen LogP contribution in [0, 0.1) is 5.82 Å². The SMILES string of the molecule is O=S(=O)(Nc1nn(Cc2c(F)cccc2Cl)cc1Br)c1ccc(Cl)s1. The summed E-state index contributed by atoms with van der Waals surface area (Å²) < 4.78 is 43.1. The Balaban J connectivity index is 1.86. The first-order valence-electron chi connectivity index (χ1n) is 6.70. The van der Waals surface area contributed by atoms with Crippen molar-refractivity contribution >= 4 is 66.3 Å². The van der Waals surface area contributed by atoms with Crippen LogP contribution in [-0.2, 0) is 16.6 Å². The molecular weight excluding hydrogens is 476 g/mol. The summed E-state index contributed by atoms with van der Waals surface area (Å²) in [6.07, 6.45) is 1.53. The highest BCUT2D eigenvalue weighted by atomic mass is 79.9. The number of aromatic nitrogens is 2. The minimum Gasteiger partial charge on any atom is -0.265 e. The van der Waals surface area contributed by atoms with E-state index in [0.29, 0.717) is 8.81 Å². The molecule has 0 saturated heterocycles. The molecule has 0 bridgehead atoms. The number of nitrogens with one attached hydrogen (secondary N) is 1. The van der Waals surface area contributed by atoms with E-state index in [9.17, 15) is 12.8 Å². The monoisotopic (exact) mass is 483 g/mol. The van der Waals surface area contributed by atoms with Gasteiger partial charge < -0.3 is 0 Å². The van der Waals surface area contributed by atoms with Crippen LogP contribution in [0.5, 0.6) is 0 Å². The highest BCUT2D eigenvalue weighted by Gasteiger charge is 2.20. The lowest BCUT2D eigenvalue weighted by Gasteiger charge is -2.06. The van der Waals surface area contributed by atoms with E-state index in [1.807, 2.05) is 0 Å². The van der Waals surface area contributed by atoms with Gasteiger partial charge in [-0.05, 0) is 40.2 Å². The first-order valence-corrected chi connectivity index (χ1v) is 10.5. The van der Waals surface area contributed by atoms with Crippen molar-refractivity contribution in [3.05, 3.63) is 61.7 Å². The number of hydrogen-bond acceptors (Lipinski definition) is 4. The number of hydrogen-bond donors (Lipinski definition) is 1. The fourth-order valence-corrected chi connectivity index (χ4v) is 5.28. The van der Waals surface area contributed by atoms with Gasteiger partial charge in [0.1, 0.15) is 10.0 Å². The van der Waals surface area contributed by atoms with E-state index in [0.717, 1.165) is 11.3 Å². The fraction of sp³-hybridized carbons (Fsp3) is 0.0714. The number of nitrogens with zero attached hydrogens (tertiary/aromatic N) is 2. The Kier molecular flexibility index (Phi) is 5.40. The zero-order chi connectivity index (χ0) is 18.2. The molecule has 0 radical (unpaired) electrons. The van der Waals surface area contributed by atoms with Gasteiger partial charge in [0.25, 0.3) is 10.0 Å². The van der Waals surface area contributed by atoms with Gasteiger partial charge in [-0.3, -0.25) is 9.40 Å². The Labute approximate surface area is 165 Å². The predicted octanol–water partition coefficient (Wildman–Crippen LogP) is 5.00. The zero-order valence-electron chi connectivity index (χ0n) is 12.2. The third-order valence-corrected chi connectivity index (χ3v) is 7.14. The van der Waals surface area contributed by atoms with E-state index in [2.05, 4.69) is 25.8 Å². The molecule has 1 N–H and O–H groups in total. The van der Waals surface area contributed by atoms with Crippen LogP contribution >= 0.6 is 50.5 Å². The van der Waals surface area contributed by atoms with Crippen molar-refractivity contribution in [2.24, 2.45) is 0 Å². The van der Waals surface area contributed by atoms with E-state index in [4.69, 9.17) is 23.2 Å². The highest BCUT2D eigenvalue weighted by molar-refractivity contribution is 9.10. The summed E-state index contributed by atoms with van der Waals surface area (Å²) >= 11 is 15.9. The summed E-state index contributed by atoms with van der Waals surface area (Å²) in [5.41, 5.74) is 0.263. The van der Waals surface area contributed by atoms with Gasteiger partial charge in [-0.15, -0.1) is 11.3 Å². The van der Waals surface area contributed by atoms with Crippen molar-refractivity contribution in [2.45, 2.75) is 10.8 Å². The molecule has 0 aliphatic carbocycles. The third-order valence-electron chi connectivity index (χ3n) is 3.14. The smallest absolute Gasteiger partial charge is 0.265 e. The molecule has 3 aromatic rings. The maximum atomic E-state index is 13.9. The van der Waals surface area contributed by atoms with Crippen molar-refractivity contribution < 1.29 is 12.8 Å². The van der Waals surface area contributed by atoms with Gasteiger partial charge in [0.05, 0.1) is 15.4 Å². The van der Waals surface area contributed by atoms with E-state index in [1.54, 1.807) is 6.07 Å². The number of thiophene rings is 1. The second-order valence-electron chi connectivity index (χ2n) is 4.89. The lowest BCUT2D eigenvalue weighted by Crippen LogP contribution is -2.13. The number of anilines is 1. The van der Waals surface area contributed by atoms with Gasteiger partial charge in [0.2, 0.25) is 0 Å². The zero-order valence-corrected chi connectivity index (χ0v) is 16.9. The molecule has 2 heterocycles. The van der Waals surface area contributed by atoms with Crippen LogP contribution in [0.3, 0.4) is 0 Å². The van der Waals surface area contributed by atoms with Crippen molar-refractivity contribution in [2.75, 3.05) is 4.72 Å². The number of sulfonamides is 1. The topological polar surface area (TPSA) is 64.0 Å². The maximum Gasteiger partial charge on any atom is 0.272 e. The average Bonchev–Trinajstić information content (AvgIpc) is 3.10. The molecule has 25 heavy (non-hydrogen) atoms. The van der Waals surface area contributed by atoms with Crippen LogP contribution in [0.1, 0.15) is 5.56 Å². The van der Waals surface area contributed by atoms with Gasteiger partial charge >= 0.3 is 0 Å². The summed E-state index contributed by atoms with van der Waals surface area (Å²) in [6, 6.07) is 7.27. The molecule has 2 aromatic heterocycles. The summed E-state index contributed by atoms with van der Waals surface area (Å²) in [5.74, 6) is -0.383. The fourth-order valence-electron chi connectivity index (χ4n) is 2.01. The molecule has 1 aromatic carbocycles. The van der Waals surface area contributed by atoms with E-state index in [-0.39, 0.29) is 27.2 Å². The van der Waals surface area contributed by atoms with Crippen molar-refractivity contribution in [1.82, 2.24) is 9.78 Å². The van der Waals surface area contributed by atoms with Gasteiger partial charge in [0.15, 0.2) is 5.82 Å². The van der Waals surface area contributed by atoms with Crippen LogP contribution < -0.4 is 4.72 Å². The minimum absolute atomic E-state index is 0.0522. The maximum absolute atomic E-state index is 13.9. The molecule has 0 atom stereocenters. The molecule has 11 heteroatoms. The van der Waals surface area contributed by atoms with Crippen molar-refractivity contribution in [3.8, 4) is 0 Å². The Hall–Kier alpha value is -1.13. The van der Waals surface area contributed by atoms with Crippen molar-refractivity contribution in [3.63, 3.8) is 0 Å². The summed E-state index contributed by atoms with van der Waals surface area (Å²) in [5, 5.41) is 4.40. The van der Waals surface area contributed by atoms with Gasteiger partial charge in [-0.25, -0.2) is 12.8 Å². The third kappa shape index (κ3) is 4.17. The second kappa shape index (κ2) is 7.24. The van der Waals surface area contributed by atoms with E-state index >= 15 is 0 Å². The van der Waals surface area contributed by atoms with Crippen LogP contribution in [-0.4, -0.2) is 18.2 Å². The van der Waals surface area contributed by atoms with Gasteiger partial charge in [-0.1, -0.05) is 29.3 Å². The molecule has 0 fully saturated rings. The van der Waals surface area contributed by atoms with Crippen LogP contribution in [0.4, 0.5) is 10.2 Å². The number of halogens is 4. The lowest BCUT2D eigenvalue weighted by molar-refractivity contribution is 0.585. The molecule has 0 spiro atoms. The first-order chi connectivity index (χ1) is 11.8. The second-order valence-corrected chi connectivity index (χ2v) is 9.77. The van der Waals surface area contributed by atoms with E-state index in [1.165, 1.54) is 35.1 Å². The standard InChI is InChI=1S/C14H9BrCl2FN3O2S2/c15-9-7-21(6-8-10(16)2-1-3-11(8)18)19-14(9)20-25(22,23)13-5-4-12(17)24-13/h1-5,7H,6H2,(H,19,20). The molecule has 0 aliphatic rings. The Bertz CT molecular complexity index is 1020. The summed E-state index contributed by atoms with van der Waals surface area (Å²) in [7, 11) is -3.81. The largest absolute Gasteiger partial charge is 0.272 e. The van der Waals surface area contributed by atoms with Crippen molar-refractivity contribution in [1.29, 1.82) is 0 Å². The molecular formula is C14H9BrCl2FN3O2S2. The molecule has 132 valence electrons. The summed E-state index contributed by atoms with van der Waals surface area (Å²) in [4.78, 5) is 0. The molecule has 0 amide bonds. The van der Waals surface area contributed by atoms with Crippen LogP contribution in [0.2, 0.25) is 9.36 Å². The molecule has 0 unspecified atom stereocenters. The number of rotatable bonds is 5. The lowest BCUT2D eigenvalue weighted by atomic mass is 10.2. The molecule has 0 saturated carbocycles. The van der Waals surface area contributed by atoms with Crippen LogP contribution in [0.25, 0.3) is 0 Å². The van der Waals surface area contributed by atoms with Crippen LogP contribution in [0.15, 0.2) is 45.2 Å². The summed E-state index contributed by atoms with van der Waals surface area (Å²) in [6.45, 7) is 0.0522. The predicted molar refractivity (Wildman–Crippen MR) is 101 cm³/mol. The molecule has 0 aliphatic heterocycles. The minimum atomic E-state index is -3.81. The van der Waals surface area contributed by atoms with Gasteiger partial charge in [0, 0.05) is 16.8 Å². The molecule has 5 nitrogen and oxygen atoms in total. The van der Waals surface area contributed by atoms with Gasteiger partial charge in [-0.2, -0.15) is 5.10 Å². The average molecular weight is 485 g/mol. The quantitative estimate of drug-likeness (QED) is 0.554. The van der Waals surface area contributed by atoms with E-state index < -0.39 is 15.8 Å².